The number of quaternary nitrogens is 1. The first-order valence-corrected chi connectivity index (χ1v) is 12.3. The van der Waals surface area contributed by atoms with Crippen molar-refractivity contribution in [3.05, 3.63) is 35.1 Å². The molecule has 5 heterocycles. The summed E-state index contributed by atoms with van der Waals surface area (Å²) in [5, 5.41) is 16.0. The number of hydrogen-bond acceptors (Lipinski definition) is 6. The van der Waals surface area contributed by atoms with E-state index in [2.05, 4.69) is 27.8 Å². The maximum Gasteiger partial charge on any atom is 0.220 e. The molecule has 5 rings (SSSR count). The van der Waals surface area contributed by atoms with Crippen molar-refractivity contribution >= 4 is 23.2 Å². The van der Waals surface area contributed by atoms with Gasteiger partial charge in [-0.3, -0.25) is 4.79 Å². The summed E-state index contributed by atoms with van der Waals surface area (Å²) in [6, 6.07) is 6.72. The molecular weight excluding hydrogens is 424 g/mol. The Balaban J connectivity index is 1.37. The van der Waals surface area contributed by atoms with Crippen LogP contribution in [-0.4, -0.2) is 47.5 Å². The Morgan fingerprint density at radius 3 is 2.78 bits per heavy atom. The van der Waals surface area contributed by atoms with Crippen LogP contribution in [0.2, 0.25) is 0 Å². The lowest BCUT2D eigenvalue weighted by Crippen LogP contribution is -3.20. The van der Waals surface area contributed by atoms with Gasteiger partial charge in [-0.2, -0.15) is 0 Å². The van der Waals surface area contributed by atoms with Gasteiger partial charge in [0.2, 0.25) is 5.91 Å². The number of hydrogen-bond donors (Lipinski definition) is 2. The monoisotopic (exact) mass is 456 g/mol. The topological polar surface area (TPSA) is 99.5 Å². The fourth-order valence-corrected chi connectivity index (χ4v) is 6.09. The number of carbonyl (C=O) groups excluding carboxylic acids is 2. The highest BCUT2D eigenvalue weighted by molar-refractivity contribution is 7.13. The van der Waals surface area contributed by atoms with Crippen molar-refractivity contribution in [3.8, 4) is 10.6 Å². The summed E-state index contributed by atoms with van der Waals surface area (Å²) >= 11 is 1.70. The summed E-state index contributed by atoms with van der Waals surface area (Å²) in [4.78, 5) is 35.5. The number of piperidine rings is 3. The van der Waals surface area contributed by atoms with Gasteiger partial charge in [0.25, 0.3) is 0 Å². The van der Waals surface area contributed by atoms with Gasteiger partial charge in [0.15, 0.2) is 0 Å². The number of amides is 1. The molecule has 0 aliphatic carbocycles. The van der Waals surface area contributed by atoms with Crippen LogP contribution in [0.4, 0.5) is 0 Å². The van der Waals surface area contributed by atoms with Gasteiger partial charge in [0.05, 0.1) is 41.8 Å². The van der Waals surface area contributed by atoms with E-state index in [1.807, 2.05) is 13.0 Å². The molecule has 32 heavy (non-hydrogen) atoms. The van der Waals surface area contributed by atoms with Gasteiger partial charge in [-0.25, -0.2) is 9.97 Å². The number of aryl methyl sites for hydroxylation is 1. The first-order chi connectivity index (χ1) is 15.2. The first kappa shape index (κ1) is 22.9. The van der Waals surface area contributed by atoms with Gasteiger partial charge in [-0.05, 0) is 42.2 Å². The minimum Gasteiger partial charge on any atom is -0.550 e. The van der Waals surface area contributed by atoms with Crippen molar-refractivity contribution in [1.29, 1.82) is 0 Å². The van der Waals surface area contributed by atoms with Crippen LogP contribution in [0.1, 0.15) is 57.0 Å². The van der Waals surface area contributed by atoms with E-state index in [-0.39, 0.29) is 18.7 Å². The summed E-state index contributed by atoms with van der Waals surface area (Å²) in [5.41, 5.74) is 1.56. The number of carbonyl (C=O) groups is 2. The molecule has 2 bridgehead atoms. The van der Waals surface area contributed by atoms with Gasteiger partial charge in [-0.1, -0.05) is 19.9 Å². The lowest BCUT2D eigenvalue weighted by molar-refractivity contribution is -0.942. The predicted octanol–water partition coefficient (Wildman–Crippen LogP) is 0.947. The van der Waals surface area contributed by atoms with E-state index in [9.17, 15) is 14.7 Å². The highest BCUT2D eigenvalue weighted by atomic mass is 32.1. The minimum atomic E-state index is -1.11. The molecule has 4 atom stereocenters. The van der Waals surface area contributed by atoms with Crippen molar-refractivity contribution in [2.24, 2.45) is 11.3 Å². The largest absolute Gasteiger partial charge is 0.550 e. The Hall–Kier alpha value is -2.32. The lowest BCUT2D eigenvalue weighted by atomic mass is 9.74. The molecule has 2 aromatic rings. The summed E-state index contributed by atoms with van der Waals surface area (Å²) in [5.74, 6) is 0.612. The zero-order valence-electron chi connectivity index (χ0n) is 19.0. The van der Waals surface area contributed by atoms with Gasteiger partial charge in [-0.15, -0.1) is 11.3 Å². The average Bonchev–Trinajstić information content (AvgIpc) is 3.26. The Morgan fingerprint density at radius 2 is 2.12 bits per heavy atom. The lowest BCUT2D eigenvalue weighted by Gasteiger charge is -2.46. The number of carboxylic acids is 1. The third-order valence-electron chi connectivity index (χ3n) is 6.87. The Kier molecular flexibility index (Phi) is 6.62. The normalized spacial score (nSPS) is 25.0. The fourth-order valence-electron chi connectivity index (χ4n) is 5.40. The molecule has 1 amide bonds. The number of nitrogens with zero attached hydrogens (tertiary/aromatic N) is 2. The van der Waals surface area contributed by atoms with Crippen molar-refractivity contribution in [2.45, 2.75) is 58.4 Å². The van der Waals surface area contributed by atoms with Crippen LogP contribution in [0.15, 0.2) is 23.6 Å². The quantitative estimate of drug-likeness (QED) is 0.616. The third-order valence-corrected chi connectivity index (χ3v) is 7.76. The van der Waals surface area contributed by atoms with Gasteiger partial charge in [0.1, 0.15) is 11.9 Å². The van der Waals surface area contributed by atoms with Crippen molar-refractivity contribution in [3.63, 3.8) is 0 Å². The molecule has 0 spiro atoms. The zero-order valence-corrected chi connectivity index (χ0v) is 19.8. The third kappa shape index (κ3) is 5.35. The molecule has 2 N–H and O–H groups in total. The molecule has 3 saturated heterocycles. The van der Waals surface area contributed by atoms with E-state index >= 15 is 0 Å². The Labute approximate surface area is 193 Å². The number of nitrogens with one attached hydrogen (secondary N) is 2. The Bertz CT molecular complexity index is 976. The number of carboxylic acid groups (broad SMARTS) is 1. The second kappa shape index (κ2) is 9.27. The van der Waals surface area contributed by atoms with Gasteiger partial charge >= 0.3 is 0 Å². The van der Waals surface area contributed by atoms with Crippen molar-refractivity contribution < 1.29 is 19.6 Å². The number of aromatic nitrogens is 2. The van der Waals surface area contributed by atoms with Gasteiger partial charge in [0, 0.05) is 25.2 Å². The van der Waals surface area contributed by atoms with Crippen LogP contribution in [-0.2, 0) is 9.59 Å². The maximum atomic E-state index is 12.4. The van der Waals surface area contributed by atoms with E-state index in [1.54, 1.807) is 25.2 Å². The molecule has 1 unspecified atom stereocenters. The molecule has 0 aromatic carbocycles. The van der Waals surface area contributed by atoms with E-state index < -0.39 is 11.4 Å². The number of rotatable bonds is 8. The standard InChI is InChI=1S/C24H32N4O3S/c1-15-26-19(10-20(27-15)21-5-4-8-32-21)18-14-28-7-6-16(18)9-17(28)13-25-22(29)11-24(2,3)12-23(30)31/h4-5,8,10,16-18H,6-7,9,11-14H2,1-3H3,(H,25,29)(H,30,31)/t16-,17+,18-/m0/s1. The van der Waals surface area contributed by atoms with Crippen LogP contribution < -0.4 is 15.3 Å². The number of fused-ring (bicyclic) bond motifs is 3. The fraction of sp³-hybridized carbons (Fsp3) is 0.583. The molecule has 7 nitrogen and oxygen atoms in total. The van der Waals surface area contributed by atoms with E-state index in [0.29, 0.717) is 24.4 Å². The average molecular weight is 457 g/mol. The molecular formula is C24H32N4O3S. The number of thiophene rings is 1. The second-order valence-electron chi connectivity index (χ2n) is 10.1. The van der Waals surface area contributed by atoms with Crippen LogP contribution in [0, 0.1) is 18.3 Å². The van der Waals surface area contributed by atoms with Crippen LogP contribution in [0.5, 0.6) is 0 Å². The molecule has 172 valence electrons. The molecule has 0 radical (unpaired) electrons. The Morgan fingerprint density at radius 1 is 1.31 bits per heavy atom. The summed E-state index contributed by atoms with van der Waals surface area (Å²) < 4.78 is 0. The van der Waals surface area contributed by atoms with Gasteiger partial charge < -0.3 is 20.1 Å². The summed E-state index contributed by atoms with van der Waals surface area (Å²) in [6.07, 6.45) is 2.33. The molecule has 3 aliphatic heterocycles. The van der Waals surface area contributed by atoms with Crippen molar-refractivity contribution in [2.75, 3.05) is 19.6 Å². The molecule has 3 fully saturated rings. The first-order valence-electron chi connectivity index (χ1n) is 11.4. The van der Waals surface area contributed by atoms with E-state index in [4.69, 9.17) is 4.98 Å². The SMILES string of the molecule is Cc1nc(-c2cccs2)cc([C@H]2C[NH+]3CC[C@H]2C[C@@H]3CNC(=O)CC(C)(C)CC(=O)[O-])n1. The van der Waals surface area contributed by atoms with E-state index in [0.717, 1.165) is 36.7 Å². The molecule has 0 saturated carbocycles. The maximum absolute atomic E-state index is 12.4. The van der Waals surface area contributed by atoms with Crippen LogP contribution in [0.25, 0.3) is 10.6 Å². The molecule has 8 heteroatoms. The summed E-state index contributed by atoms with van der Waals surface area (Å²) in [7, 11) is 0. The highest BCUT2D eigenvalue weighted by Gasteiger charge is 2.44. The highest BCUT2D eigenvalue weighted by Crippen LogP contribution is 2.35. The predicted molar refractivity (Wildman–Crippen MR) is 121 cm³/mol. The smallest absolute Gasteiger partial charge is 0.220 e. The van der Waals surface area contributed by atoms with Crippen LogP contribution >= 0.6 is 11.3 Å². The van der Waals surface area contributed by atoms with Crippen LogP contribution in [0.3, 0.4) is 0 Å². The number of aliphatic carboxylic acids is 1. The zero-order chi connectivity index (χ0) is 22.9. The van der Waals surface area contributed by atoms with Crippen molar-refractivity contribution in [1.82, 2.24) is 15.3 Å². The molecule has 2 aromatic heterocycles. The summed E-state index contributed by atoms with van der Waals surface area (Å²) in [6.45, 7) is 8.34. The van der Waals surface area contributed by atoms with E-state index in [1.165, 1.54) is 16.2 Å². The molecule has 3 aliphatic rings. The second-order valence-corrected chi connectivity index (χ2v) is 11.0. The minimum absolute atomic E-state index is 0.0816.